The van der Waals surface area contributed by atoms with E-state index < -0.39 is 11.7 Å². The van der Waals surface area contributed by atoms with Crippen molar-refractivity contribution < 1.29 is 13.2 Å². The van der Waals surface area contributed by atoms with Gasteiger partial charge in [-0.15, -0.1) is 0 Å². The molecule has 1 aromatic carbocycles. The Morgan fingerprint density at radius 1 is 1.04 bits per heavy atom. The fourth-order valence-electron chi connectivity index (χ4n) is 3.02. The minimum absolute atomic E-state index is 0.0874. The van der Waals surface area contributed by atoms with E-state index in [-0.39, 0.29) is 6.04 Å². The number of aromatic nitrogens is 3. The first kappa shape index (κ1) is 18.6. The van der Waals surface area contributed by atoms with E-state index in [4.69, 9.17) is 17.3 Å². The molecule has 0 unspecified atom stereocenters. The number of nitrogens with two attached hydrogens (primary N) is 1. The molecule has 3 heterocycles. The Bertz CT molecular complexity index is 1000. The quantitative estimate of drug-likeness (QED) is 0.712. The van der Waals surface area contributed by atoms with Crippen LogP contribution in [0.5, 0.6) is 0 Å². The summed E-state index contributed by atoms with van der Waals surface area (Å²) >= 11 is 6.29. The lowest BCUT2D eigenvalue weighted by molar-refractivity contribution is -0.137. The third-order valence-corrected chi connectivity index (χ3v) is 4.81. The smallest absolute Gasteiger partial charge is 0.352 e. The zero-order chi connectivity index (χ0) is 19.9. The first-order chi connectivity index (χ1) is 13.3. The van der Waals surface area contributed by atoms with Crippen molar-refractivity contribution in [3.05, 3.63) is 59.5 Å². The molecular formula is C19H15ClF3N5. The topological polar surface area (TPSA) is 67.9 Å². The van der Waals surface area contributed by atoms with E-state index in [1.54, 1.807) is 18.5 Å². The van der Waals surface area contributed by atoms with Crippen LogP contribution < -0.4 is 10.6 Å². The van der Waals surface area contributed by atoms with Gasteiger partial charge >= 0.3 is 6.18 Å². The van der Waals surface area contributed by atoms with E-state index in [9.17, 15) is 13.2 Å². The van der Waals surface area contributed by atoms with Crippen LogP contribution in [-0.4, -0.2) is 34.1 Å². The molecule has 0 spiro atoms. The fourth-order valence-corrected chi connectivity index (χ4v) is 3.22. The van der Waals surface area contributed by atoms with Gasteiger partial charge in [0.15, 0.2) is 0 Å². The SMILES string of the molecule is NC1CN(c2cnc(-c3ccc(C(F)(F)F)cc3)c(-c3ccncc3Cl)n2)C1. The molecule has 1 aliphatic heterocycles. The number of rotatable bonds is 3. The summed E-state index contributed by atoms with van der Waals surface area (Å²) in [5.41, 5.74) is 7.14. The van der Waals surface area contributed by atoms with E-state index in [0.717, 1.165) is 12.1 Å². The molecule has 9 heteroatoms. The highest BCUT2D eigenvalue weighted by Gasteiger charge is 2.30. The van der Waals surface area contributed by atoms with Gasteiger partial charge in [-0.05, 0) is 18.2 Å². The molecular weight excluding hydrogens is 391 g/mol. The average molecular weight is 406 g/mol. The van der Waals surface area contributed by atoms with Gasteiger partial charge in [-0.2, -0.15) is 13.2 Å². The Morgan fingerprint density at radius 3 is 2.36 bits per heavy atom. The Hall–Kier alpha value is -2.71. The second kappa shape index (κ2) is 7.03. The normalized spacial score (nSPS) is 14.8. The first-order valence-electron chi connectivity index (χ1n) is 8.48. The third-order valence-electron chi connectivity index (χ3n) is 4.51. The van der Waals surface area contributed by atoms with Crippen LogP contribution in [0.4, 0.5) is 19.0 Å². The maximum absolute atomic E-state index is 12.9. The number of nitrogens with zero attached hydrogens (tertiary/aromatic N) is 4. The number of alkyl halides is 3. The van der Waals surface area contributed by atoms with Gasteiger partial charge in [0.05, 0.1) is 22.5 Å². The first-order valence-corrected chi connectivity index (χ1v) is 8.86. The van der Waals surface area contributed by atoms with Crippen molar-refractivity contribution in [2.75, 3.05) is 18.0 Å². The maximum atomic E-state index is 12.9. The van der Waals surface area contributed by atoms with Gasteiger partial charge < -0.3 is 10.6 Å². The van der Waals surface area contributed by atoms with Crippen molar-refractivity contribution >= 4 is 17.4 Å². The van der Waals surface area contributed by atoms with Crippen LogP contribution in [0, 0.1) is 0 Å². The lowest BCUT2D eigenvalue weighted by Crippen LogP contribution is -2.56. The summed E-state index contributed by atoms with van der Waals surface area (Å²) in [5.74, 6) is 0.639. The predicted octanol–water partition coefficient (Wildman–Crippen LogP) is 4.03. The van der Waals surface area contributed by atoms with Crippen LogP contribution in [0.25, 0.3) is 22.5 Å². The van der Waals surface area contributed by atoms with Crippen LogP contribution in [0.3, 0.4) is 0 Å². The Kier molecular flexibility index (Phi) is 4.68. The molecule has 3 aromatic rings. The van der Waals surface area contributed by atoms with Crippen molar-refractivity contribution in [3.8, 4) is 22.5 Å². The lowest BCUT2D eigenvalue weighted by Gasteiger charge is -2.37. The highest BCUT2D eigenvalue weighted by atomic mass is 35.5. The molecule has 5 nitrogen and oxygen atoms in total. The average Bonchev–Trinajstić information content (AvgIpc) is 2.65. The molecule has 0 aliphatic carbocycles. The van der Waals surface area contributed by atoms with Crippen molar-refractivity contribution in [1.82, 2.24) is 15.0 Å². The zero-order valence-electron chi connectivity index (χ0n) is 14.5. The second-order valence-electron chi connectivity index (χ2n) is 6.52. The molecule has 0 atom stereocenters. The van der Waals surface area contributed by atoms with Gasteiger partial charge in [0, 0.05) is 42.7 Å². The monoisotopic (exact) mass is 405 g/mol. The van der Waals surface area contributed by atoms with Crippen molar-refractivity contribution in [2.24, 2.45) is 5.73 Å². The highest BCUT2D eigenvalue weighted by Crippen LogP contribution is 2.36. The van der Waals surface area contributed by atoms with E-state index >= 15 is 0 Å². The predicted molar refractivity (Wildman–Crippen MR) is 101 cm³/mol. The molecule has 0 radical (unpaired) electrons. The van der Waals surface area contributed by atoms with Crippen LogP contribution in [0.1, 0.15) is 5.56 Å². The molecule has 144 valence electrons. The summed E-state index contributed by atoms with van der Waals surface area (Å²) in [6, 6.07) is 6.60. The van der Waals surface area contributed by atoms with Gasteiger partial charge in [-0.25, -0.2) is 4.98 Å². The zero-order valence-corrected chi connectivity index (χ0v) is 15.2. The minimum Gasteiger partial charge on any atom is -0.352 e. The largest absolute Gasteiger partial charge is 0.416 e. The van der Waals surface area contributed by atoms with Crippen LogP contribution in [-0.2, 0) is 6.18 Å². The number of halogens is 4. The van der Waals surface area contributed by atoms with Crippen molar-refractivity contribution in [2.45, 2.75) is 12.2 Å². The minimum atomic E-state index is -4.40. The standard InChI is InChI=1S/C19H15ClF3N5/c20-15-7-25-6-5-14(15)18-17(11-1-3-12(4-2-11)19(21,22)23)26-8-16(27-18)28-9-13(24)10-28/h1-8,13H,9-10,24H2. The lowest BCUT2D eigenvalue weighted by atomic mass is 10.0. The maximum Gasteiger partial charge on any atom is 0.416 e. The van der Waals surface area contributed by atoms with Crippen molar-refractivity contribution in [1.29, 1.82) is 0 Å². The number of anilines is 1. The van der Waals surface area contributed by atoms with Crippen LogP contribution in [0.15, 0.2) is 48.9 Å². The summed E-state index contributed by atoms with van der Waals surface area (Å²) in [7, 11) is 0. The molecule has 1 fully saturated rings. The molecule has 1 aliphatic rings. The van der Waals surface area contributed by atoms with Gasteiger partial charge in [0.25, 0.3) is 0 Å². The van der Waals surface area contributed by atoms with Gasteiger partial charge in [-0.3, -0.25) is 9.97 Å². The molecule has 2 N–H and O–H groups in total. The number of hydrogen-bond donors (Lipinski definition) is 1. The van der Waals surface area contributed by atoms with Crippen molar-refractivity contribution in [3.63, 3.8) is 0 Å². The molecule has 28 heavy (non-hydrogen) atoms. The van der Waals surface area contributed by atoms with E-state index in [2.05, 4.69) is 15.0 Å². The summed E-state index contributed by atoms with van der Waals surface area (Å²) in [6.07, 6.45) is 0.256. The van der Waals surface area contributed by atoms with E-state index in [1.165, 1.54) is 18.3 Å². The molecule has 4 rings (SSSR count). The molecule has 2 aromatic heterocycles. The molecule has 0 bridgehead atoms. The Labute approximate surface area is 164 Å². The van der Waals surface area contributed by atoms with Gasteiger partial charge in [0.2, 0.25) is 0 Å². The van der Waals surface area contributed by atoms with Crippen LogP contribution >= 0.6 is 11.6 Å². The second-order valence-corrected chi connectivity index (χ2v) is 6.93. The number of pyridine rings is 1. The van der Waals surface area contributed by atoms with Crippen LogP contribution in [0.2, 0.25) is 5.02 Å². The Morgan fingerprint density at radius 2 is 1.75 bits per heavy atom. The Balaban J connectivity index is 1.81. The number of benzene rings is 1. The highest BCUT2D eigenvalue weighted by molar-refractivity contribution is 6.33. The summed E-state index contributed by atoms with van der Waals surface area (Å²) in [6.45, 7) is 1.33. The molecule has 0 saturated carbocycles. The number of hydrogen-bond acceptors (Lipinski definition) is 5. The van der Waals surface area contributed by atoms with E-state index in [1.807, 2.05) is 4.90 Å². The fraction of sp³-hybridized carbons (Fsp3) is 0.211. The van der Waals surface area contributed by atoms with Gasteiger partial charge in [0.1, 0.15) is 11.5 Å². The summed E-state index contributed by atoms with van der Waals surface area (Å²) < 4.78 is 38.6. The third kappa shape index (κ3) is 3.53. The molecule has 1 saturated heterocycles. The molecule has 0 amide bonds. The summed E-state index contributed by atoms with van der Waals surface area (Å²) in [5, 5.41) is 0.377. The van der Waals surface area contributed by atoms with Gasteiger partial charge in [-0.1, -0.05) is 23.7 Å². The van der Waals surface area contributed by atoms with E-state index in [0.29, 0.717) is 46.4 Å². The summed E-state index contributed by atoms with van der Waals surface area (Å²) in [4.78, 5) is 15.1.